The van der Waals surface area contributed by atoms with Gasteiger partial charge in [0.05, 0.1) is 30.5 Å². The van der Waals surface area contributed by atoms with Gasteiger partial charge in [-0.3, -0.25) is 9.78 Å². The normalized spacial score (nSPS) is 10.1. The van der Waals surface area contributed by atoms with Crippen molar-refractivity contribution in [3.8, 4) is 0 Å². The summed E-state index contributed by atoms with van der Waals surface area (Å²) in [5, 5.41) is 17.6. The number of hydrogen-bond acceptors (Lipinski definition) is 5. The molecule has 21 heavy (non-hydrogen) atoms. The van der Waals surface area contributed by atoms with Crippen molar-refractivity contribution in [1.82, 2.24) is 15.5 Å². The minimum Gasteiger partial charge on any atom is -0.481 e. The molecule has 2 heterocycles. The predicted octanol–water partition coefficient (Wildman–Crippen LogP) is 1.33. The van der Waals surface area contributed by atoms with Crippen LogP contribution in [-0.4, -0.2) is 27.2 Å². The molecular weight excluding hydrogens is 276 g/mol. The highest BCUT2D eigenvalue weighted by atomic mass is 16.5. The molecule has 0 aromatic carbocycles. The Bertz CT molecular complexity index is 636. The van der Waals surface area contributed by atoms with Crippen molar-refractivity contribution in [2.24, 2.45) is 0 Å². The second-order valence-corrected chi connectivity index (χ2v) is 4.35. The number of amides is 2. The van der Waals surface area contributed by atoms with Gasteiger partial charge < -0.3 is 20.3 Å². The average Bonchev–Trinajstić information content (AvgIpc) is 2.84. The number of rotatable bonds is 5. The van der Waals surface area contributed by atoms with Crippen LogP contribution in [0, 0.1) is 6.92 Å². The summed E-state index contributed by atoms with van der Waals surface area (Å²) in [5.41, 5.74) is 1.52. The molecule has 0 fully saturated rings. The lowest BCUT2D eigenvalue weighted by molar-refractivity contribution is -0.136. The standard InChI is InChI=1S/C13H14N4O4/c1-8-4-11(17-21-8)7-15-13(20)16-10-3-2-9(14-6-10)5-12(18)19/h2-4,6H,5,7H2,1H3,(H,18,19)(H2,15,16,20). The van der Waals surface area contributed by atoms with Gasteiger partial charge in [0.25, 0.3) is 0 Å². The van der Waals surface area contributed by atoms with E-state index in [9.17, 15) is 9.59 Å². The summed E-state index contributed by atoms with van der Waals surface area (Å²) in [7, 11) is 0. The minimum atomic E-state index is -0.955. The average molecular weight is 290 g/mol. The van der Waals surface area contributed by atoms with Crippen LogP contribution < -0.4 is 10.6 Å². The monoisotopic (exact) mass is 290 g/mol. The van der Waals surface area contributed by atoms with Gasteiger partial charge in [0.1, 0.15) is 11.5 Å². The zero-order valence-electron chi connectivity index (χ0n) is 11.3. The Kier molecular flexibility index (Phi) is 4.50. The Morgan fingerprint density at radius 2 is 2.14 bits per heavy atom. The number of nitrogens with zero attached hydrogens (tertiary/aromatic N) is 2. The Hall–Kier alpha value is -2.90. The van der Waals surface area contributed by atoms with Crippen molar-refractivity contribution in [3.05, 3.63) is 41.5 Å². The first-order chi connectivity index (χ1) is 10.0. The molecule has 0 unspecified atom stereocenters. The first kappa shape index (κ1) is 14.5. The quantitative estimate of drug-likeness (QED) is 0.764. The molecular formula is C13H14N4O4. The summed E-state index contributed by atoms with van der Waals surface area (Å²) in [4.78, 5) is 26.1. The molecule has 8 nitrogen and oxygen atoms in total. The SMILES string of the molecule is Cc1cc(CNC(=O)Nc2ccc(CC(=O)O)nc2)no1. The number of carbonyl (C=O) groups is 2. The van der Waals surface area contributed by atoms with Gasteiger partial charge in [0, 0.05) is 6.07 Å². The molecule has 2 amide bonds. The van der Waals surface area contributed by atoms with E-state index in [2.05, 4.69) is 20.8 Å². The molecule has 0 aliphatic rings. The molecule has 2 aromatic heterocycles. The van der Waals surface area contributed by atoms with Gasteiger partial charge in [-0.2, -0.15) is 0 Å². The molecule has 110 valence electrons. The lowest BCUT2D eigenvalue weighted by atomic mass is 10.2. The molecule has 8 heteroatoms. The van der Waals surface area contributed by atoms with E-state index in [1.165, 1.54) is 6.20 Å². The largest absolute Gasteiger partial charge is 0.481 e. The molecule has 2 rings (SSSR count). The third-order valence-corrected chi connectivity index (χ3v) is 2.52. The maximum Gasteiger partial charge on any atom is 0.319 e. The van der Waals surface area contributed by atoms with Gasteiger partial charge in [-0.05, 0) is 19.1 Å². The second-order valence-electron chi connectivity index (χ2n) is 4.35. The van der Waals surface area contributed by atoms with E-state index in [1.807, 2.05) is 0 Å². The van der Waals surface area contributed by atoms with Crippen molar-refractivity contribution in [2.75, 3.05) is 5.32 Å². The maximum atomic E-state index is 11.7. The number of aliphatic carboxylic acids is 1. The second kappa shape index (κ2) is 6.51. The number of carboxylic acid groups (broad SMARTS) is 1. The van der Waals surface area contributed by atoms with Crippen LogP contribution in [-0.2, 0) is 17.8 Å². The van der Waals surface area contributed by atoms with Gasteiger partial charge >= 0.3 is 12.0 Å². The highest BCUT2D eigenvalue weighted by Crippen LogP contribution is 2.07. The minimum absolute atomic E-state index is 0.155. The van der Waals surface area contributed by atoms with Crippen molar-refractivity contribution in [1.29, 1.82) is 0 Å². The van der Waals surface area contributed by atoms with E-state index >= 15 is 0 Å². The van der Waals surface area contributed by atoms with Crippen molar-refractivity contribution in [3.63, 3.8) is 0 Å². The van der Waals surface area contributed by atoms with Gasteiger partial charge in [-0.1, -0.05) is 5.16 Å². The number of carbonyl (C=O) groups excluding carboxylic acids is 1. The van der Waals surface area contributed by atoms with Gasteiger partial charge in [0.2, 0.25) is 0 Å². The van der Waals surface area contributed by atoms with Crippen LogP contribution in [0.25, 0.3) is 0 Å². The molecule has 0 radical (unpaired) electrons. The van der Waals surface area contributed by atoms with E-state index in [-0.39, 0.29) is 13.0 Å². The van der Waals surface area contributed by atoms with Crippen LogP contribution in [0.5, 0.6) is 0 Å². The zero-order valence-corrected chi connectivity index (χ0v) is 11.3. The summed E-state index contributed by atoms with van der Waals surface area (Å²) in [6.45, 7) is 2.01. The fourth-order valence-corrected chi connectivity index (χ4v) is 1.61. The number of aromatic nitrogens is 2. The van der Waals surface area contributed by atoms with Crippen LogP contribution in [0.15, 0.2) is 28.9 Å². The summed E-state index contributed by atoms with van der Waals surface area (Å²) < 4.78 is 4.88. The predicted molar refractivity (Wildman–Crippen MR) is 72.7 cm³/mol. The van der Waals surface area contributed by atoms with E-state index in [0.29, 0.717) is 22.8 Å². The number of urea groups is 1. The molecule has 0 saturated heterocycles. The molecule has 0 bridgehead atoms. The summed E-state index contributed by atoms with van der Waals surface area (Å²) >= 11 is 0. The Morgan fingerprint density at radius 3 is 2.71 bits per heavy atom. The Balaban J connectivity index is 1.83. The van der Waals surface area contributed by atoms with Crippen LogP contribution in [0.4, 0.5) is 10.5 Å². The topological polar surface area (TPSA) is 117 Å². The fraction of sp³-hybridized carbons (Fsp3) is 0.231. The van der Waals surface area contributed by atoms with Gasteiger partial charge in [0.15, 0.2) is 0 Å². The highest BCUT2D eigenvalue weighted by molar-refractivity contribution is 5.88. The number of nitrogens with one attached hydrogen (secondary N) is 2. The first-order valence-electron chi connectivity index (χ1n) is 6.16. The molecule has 3 N–H and O–H groups in total. The number of hydrogen-bond donors (Lipinski definition) is 3. The van der Waals surface area contributed by atoms with Crippen molar-refractivity contribution < 1.29 is 19.2 Å². The number of aryl methyl sites for hydroxylation is 1. The number of pyridine rings is 1. The molecule has 0 aliphatic heterocycles. The third kappa shape index (κ3) is 4.60. The fourth-order valence-electron chi connectivity index (χ4n) is 1.61. The van der Waals surface area contributed by atoms with Crippen molar-refractivity contribution >= 4 is 17.7 Å². The lowest BCUT2D eigenvalue weighted by Crippen LogP contribution is -2.28. The Labute approximate surface area is 120 Å². The van der Waals surface area contributed by atoms with Crippen LogP contribution in [0.2, 0.25) is 0 Å². The van der Waals surface area contributed by atoms with Crippen LogP contribution in [0.1, 0.15) is 17.1 Å². The Morgan fingerprint density at radius 1 is 1.33 bits per heavy atom. The van der Waals surface area contributed by atoms with E-state index in [4.69, 9.17) is 9.63 Å². The smallest absolute Gasteiger partial charge is 0.319 e. The van der Waals surface area contributed by atoms with Gasteiger partial charge in [-0.25, -0.2) is 4.79 Å². The van der Waals surface area contributed by atoms with Gasteiger partial charge in [-0.15, -0.1) is 0 Å². The number of anilines is 1. The molecule has 0 spiro atoms. The highest BCUT2D eigenvalue weighted by Gasteiger charge is 2.06. The van der Waals surface area contributed by atoms with E-state index in [0.717, 1.165) is 0 Å². The lowest BCUT2D eigenvalue weighted by Gasteiger charge is -2.06. The number of carboxylic acids is 1. The zero-order chi connectivity index (χ0) is 15.2. The van der Waals surface area contributed by atoms with Crippen LogP contribution in [0.3, 0.4) is 0 Å². The maximum absolute atomic E-state index is 11.7. The summed E-state index contributed by atoms with van der Waals surface area (Å²) in [5.74, 6) is -0.283. The molecule has 0 aliphatic carbocycles. The van der Waals surface area contributed by atoms with E-state index in [1.54, 1.807) is 25.1 Å². The first-order valence-corrected chi connectivity index (χ1v) is 6.16. The summed E-state index contributed by atoms with van der Waals surface area (Å²) in [6.07, 6.45) is 1.25. The van der Waals surface area contributed by atoms with Crippen molar-refractivity contribution in [2.45, 2.75) is 19.9 Å². The third-order valence-electron chi connectivity index (χ3n) is 2.52. The molecule has 0 saturated carbocycles. The van der Waals surface area contributed by atoms with Crippen LogP contribution >= 0.6 is 0 Å². The van der Waals surface area contributed by atoms with E-state index < -0.39 is 12.0 Å². The summed E-state index contributed by atoms with van der Waals surface area (Å²) in [6, 6.07) is 4.45. The molecule has 0 atom stereocenters. The molecule has 2 aromatic rings.